The molecule has 3 amide bonds. The van der Waals surface area contributed by atoms with Crippen LogP contribution >= 0.6 is 11.6 Å². The number of amides is 3. The summed E-state index contributed by atoms with van der Waals surface area (Å²) in [5.74, 6) is -3.09. The fraction of sp³-hybridized carbons (Fsp3) is 0.391. The Morgan fingerprint density at radius 3 is 2.47 bits per heavy atom. The lowest BCUT2D eigenvalue weighted by molar-refractivity contribution is -0.133. The van der Waals surface area contributed by atoms with E-state index >= 15 is 0 Å². The number of nitrogens with two attached hydrogens (primary N) is 1. The van der Waals surface area contributed by atoms with Gasteiger partial charge in [0.15, 0.2) is 11.6 Å². The molecule has 0 radical (unpaired) electrons. The third-order valence-electron chi connectivity index (χ3n) is 6.23. The van der Waals surface area contributed by atoms with Crippen molar-refractivity contribution in [2.45, 2.75) is 37.4 Å². The van der Waals surface area contributed by atoms with Crippen molar-refractivity contribution >= 4 is 29.2 Å². The predicted octanol–water partition coefficient (Wildman–Crippen LogP) is 3.54. The summed E-state index contributed by atoms with van der Waals surface area (Å²) in [5, 5.41) is 3.26. The average molecular weight is 497 g/mol. The summed E-state index contributed by atoms with van der Waals surface area (Å²) in [6.07, 6.45) is 0.457. The van der Waals surface area contributed by atoms with Crippen LogP contribution in [0.15, 0.2) is 30.3 Å². The van der Waals surface area contributed by atoms with Crippen LogP contribution in [-0.4, -0.2) is 60.1 Å². The van der Waals surface area contributed by atoms with Crippen molar-refractivity contribution in [2.24, 2.45) is 5.73 Å². The molecule has 2 aromatic carbocycles. The Morgan fingerprint density at radius 1 is 1.12 bits per heavy atom. The molecule has 0 unspecified atom stereocenters. The first kappa shape index (κ1) is 24.2. The minimum absolute atomic E-state index is 0.0758. The molecule has 7 nitrogen and oxygen atoms in total. The fourth-order valence-corrected chi connectivity index (χ4v) is 4.77. The van der Waals surface area contributed by atoms with Gasteiger partial charge in [0.2, 0.25) is 5.91 Å². The zero-order valence-corrected chi connectivity index (χ0v) is 19.1. The molecular formula is C23H24ClF3N4O3. The van der Waals surface area contributed by atoms with E-state index in [0.29, 0.717) is 42.0 Å². The van der Waals surface area contributed by atoms with Crippen molar-refractivity contribution in [1.82, 2.24) is 9.80 Å². The Balaban J connectivity index is 1.32. The molecule has 2 fully saturated rings. The number of urea groups is 1. The minimum Gasteiger partial charge on any atom is -0.495 e. The Labute approximate surface area is 199 Å². The second-order valence-electron chi connectivity index (χ2n) is 8.54. The number of methoxy groups -OCH3 is 1. The zero-order chi connectivity index (χ0) is 24.6. The number of hydrogen-bond donors (Lipinski definition) is 2. The minimum atomic E-state index is -1.28. The molecule has 2 heterocycles. The Kier molecular flexibility index (Phi) is 6.90. The van der Waals surface area contributed by atoms with Gasteiger partial charge in [0.05, 0.1) is 24.9 Å². The number of nitrogens with one attached hydrogen (secondary N) is 1. The van der Waals surface area contributed by atoms with Crippen LogP contribution in [-0.2, 0) is 11.2 Å². The van der Waals surface area contributed by atoms with Crippen molar-refractivity contribution in [3.63, 3.8) is 0 Å². The lowest BCUT2D eigenvalue weighted by Crippen LogP contribution is -2.52. The van der Waals surface area contributed by atoms with Crippen LogP contribution in [0.3, 0.4) is 0 Å². The summed E-state index contributed by atoms with van der Waals surface area (Å²) in [6, 6.07) is 4.75. The van der Waals surface area contributed by atoms with Gasteiger partial charge < -0.3 is 25.6 Å². The van der Waals surface area contributed by atoms with E-state index in [1.807, 2.05) is 0 Å². The molecule has 2 bridgehead atoms. The fourth-order valence-electron chi connectivity index (χ4n) is 4.60. The lowest BCUT2D eigenvalue weighted by atomic mass is 10.0. The van der Waals surface area contributed by atoms with Gasteiger partial charge in [-0.25, -0.2) is 18.0 Å². The molecule has 2 saturated heterocycles. The standard InChI is InChI=1S/C23H24ClF3N4O3/c1-34-21-3-2-13(24)6-20(21)29-23(33)31-11-15-8-16(31)10-30(15)22(32)7-14(28)4-12-5-18(26)19(27)9-17(12)25/h2-3,5-6,9,14-16H,4,7-8,10-11,28H2,1H3,(H,29,33)/t14-,15+,16+/m1/s1. The highest BCUT2D eigenvalue weighted by Crippen LogP contribution is 2.33. The number of anilines is 1. The van der Waals surface area contributed by atoms with Gasteiger partial charge >= 0.3 is 6.03 Å². The van der Waals surface area contributed by atoms with Gasteiger partial charge in [0, 0.05) is 36.6 Å². The van der Waals surface area contributed by atoms with E-state index in [0.717, 1.165) is 6.07 Å². The second-order valence-corrected chi connectivity index (χ2v) is 8.98. The molecule has 2 aliphatic heterocycles. The van der Waals surface area contributed by atoms with Gasteiger partial charge in [-0.3, -0.25) is 4.79 Å². The molecule has 0 saturated carbocycles. The average Bonchev–Trinajstić information content (AvgIpc) is 3.39. The molecule has 3 atom stereocenters. The number of hydrogen-bond acceptors (Lipinski definition) is 4. The van der Waals surface area contributed by atoms with Gasteiger partial charge in [-0.2, -0.15) is 0 Å². The van der Waals surface area contributed by atoms with Gasteiger partial charge in [-0.15, -0.1) is 0 Å². The summed E-state index contributed by atoms with van der Waals surface area (Å²) in [5.41, 5.74) is 6.37. The molecule has 4 rings (SSSR count). The molecule has 2 aromatic rings. The summed E-state index contributed by atoms with van der Waals surface area (Å²) < 4.78 is 45.7. The highest BCUT2D eigenvalue weighted by atomic mass is 35.5. The van der Waals surface area contributed by atoms with E-state index in [4.69, 9.17) is 22.1 Å². The smallest absolute Gasteiger partial charge is 0.322 e. The van der Waals surface area contributed by atoms with Crippen LogP contribution in [0.2, 0.25) is 5.02 Å². The first-order chi connectivity index (χ1) is 16.2. The predicted molar refractivity (Wildman–Crippen MR) is 120 cm³/mol. The van der Waals surface area contributed by atoms with Gasteiger partial charge in [0.1, 0.15) is 11.6 Å². The topological polar surface area (TPSA) is 87.9 Å². The van der Waals surface area contributed by atoms with Crippen LogP contribution in [0.1, 0.15) is 18.4 Å². The van der Waals surface area contributed by atoms with Crippen LogP contribution < -0.4 is 15.8 Å². The SMILES string of the molecule is COc1ccc(Cl)cc1NC(=O)N1C[C@@H]2C[C@H]1CN2C(=O)C[C@H](N)Cc1cc(F)c(F)cc1F. The van der Waals surface area contributed by atoms with E-state index < -0.39 is 23.5 Å². The second kappa shape index (κ2) is 9.71. The Hall–Kier alpha value is -2.98. The molecule has 34 heavy (non-hydrogen) atoms. The maximum atomic E-state index is 13.9. The quantitative estimate of drug-likeness (QED) is 0.599. The lowest BCUT2D eigenvalue weighted by Gasteiger charge is -2.34. The third-order valence-corrected chi connectivity index (χ3v) is 6.47. The van der Waals surface area contributed by atoms with E-state index in [-0.39, 0.29) is 42.4 Å². The van der Waals surface area contributed by atoms with Crippen LogP contribution in [0.25, 0.3) is 0 Å². The van der Waals surface area contributed by atoms with Crippen molar-refractivity contribution in [3.05, 3.63) is 58.4 Å². The van der Waals surface area contributed by atoms with Crippen LogP contribution in [0.4, 0.5) is 23.7 Å². The number of fused-ring (bicyclic) bond motifs is 2. The highest BCUT2D eigenvalue weighted by molar-refractivity contribution is 6.31. The molecule has 2 aliphatic rings. The van der Waals surface area contributed by atoms with Gasteiger partial charge in [-0.05, 0) is 42.7 Å². The van der Waals surface area contributed by atoms with Crippen LogP contribution in [0, 0.1) is 17.5 Å². The number of likely N-dealkylation sites (tertiary alicyclic amines) is 2. The Bertz CT molecular complexity index is 1120. The van der Waals surface area contributed by atoms with Gasteiger partial charge in [-0.1, -0.05) is 11.6 Å². The number of halogens is 4. The van der Waals surface area contributed by atoms with Crippen molar-refractivity contribution in [3.8, 4) is 5.75 Å². The first-order valence-corrected chi connectivity index (χ1v) is 11.1. The number of nitrogens with zero attached hydrogens (tertiary/aromatic N) is 2. The molecule has 182 valence electrons. The maximum Gasteiger partial charge on any atom is 0.322 e. The zero-order valence-electron chi connectivity index (χ0n) is 18.4. The molecule has 3 N–H and O–H groups in total. The monoisotopic (exact) mass is 496 g/mol. The molecular weight excluding hydrogens is 473 g/mol. The molecule has 0 spiro atoms. The first-order valence-electron chi connectivity index (χ1n) is 10.8. The maximum absolute atomic E-state index is 13.9. The molecule has 11 heteroatoms. The normalized spacial score (nSPS) is 19.9. The number of carbonyl (C=O) groups excluding carboxylic acids is 2. The number of benzene rings is 2. The number of carbonyl (C=O) groups is 2. The van der Waals surface area contributed by atoms with Gasteiger partial charge in [0.25, 0.3) is 0 Å². The van der Waals surface area contributed by atoms with Crippen molar-refractivity contribution < 1.29 is 27.5 Å². The number of piperazine rings is 1. The largest absolute Gasteiger partial charge is 0.495 e. The van der Waals surface area contributed by atoms with E-state index in [2.05, 4.69) is 5.32 Å². The van der Waals surface area contributed by atoms with Crippen molar-refractivity contribution in [1.29, 1.82) is 0 Å². The van der Waals surface area contributed by atoms with E-state index in [1.165, 1.54) is 7.11 Å². The summed E-state index contributed by atoms with van der Waals surface area (Å²) in [7, 11) is 1.49. The van der Waals surface area contributed by atoms with E-state index in [9.17, 15) is 22.8 Å². The summed E-state index contributed by atoms with van der Waals surface area (Å²) in [4.78, 5) is 29.0. The summed E-state index contributed by atoms with van der Waals surface area (Å²) >= 11 is 6.02. The molecule has 0 aliphatic carbocycles. The highest BCUT2D eigenvalue weighted by Gasteiger charge is 2.47. The van der Waals surface area contributed by atoms with Crippen molar-refractivity contribution in [2.75, 3.05) is 25.5 Å². The third kappa shape index (κ3) is 4.92. The number of rotatable bonds is 6. The van der Waals surface area contributed by atoms with Crippen LogP contribution in [0.5, 0.6) is 5.75 Å². The number of ether oxygens (including phenoxy) is 1. The molecule has 0 aromatic heterocycles. The Morgan fingerprint density at radius 2 is 1.79 bits per heavy atom. The summed E-state index contributed by atoms with van der Waals surface area (Å²) in [6.45, 7) is 0.716. The van der Waals surface area contributed by atoms with E-state index in [1.54, 1.807) is 28.0 Å².